The summed E-state index contributed by atoms with van der Waals surface area (Å²) in [6.45, 7) is 7.97. The Morgan fingerprint density at radius 3 is 2.44 bits per heavy atom. The molecule has 0 aromatic heterocycles. The van der Waals surface area contributed by atoms with Crippen LogP contribution in [0.2, 0.25) is 0 Å². The molecule has 5 heteroatoms. The van der Waals surface area contributed by atoms with Crippen molar-refractivity contribution in [1.29, 1.82) is 0 Å². The highest BCUT2D eigenvalue weighted by Crippen LogP contribution is 2.08. The number of carbonyl (C=O) groups is 1. The van der Waals surface area contributed by atoms with Gasteiger partial charge in [-0.25, -0.2) is 0 Å². The predicted octanol–water partition coefficient (Wildman–Crippen LogP) is 0.899. The molecule has 0 saturated heterocycles. The minimum Gasteiger partial charge on any atom is -0.393 e. The second-order valence-electron chi connectivity index (χ2n) is 3.75. The number of carbonyl (C=O) groups excluding carboxylic acids is 1. The number of hydrogen-bond acceptors (Lipinski definition) is 3. The summed E-state index contributed by atoms with van der Waals surface area (Å²) in [7, 11) is 0. The van der Waals surface area contributed by atoms with E-state index < -0.39 is 0 Å². The average molecular weight is 245 g/mol. The van der Waals surface area contributed by atoms with Crippen LogP contribution in [0.25, 0.3) is 0 Å². The minimum atomic E-state index is 0.0609. The summed E-state index contributed by atoms with van der Waals surface area (Å²) in [5, 5.41) is 2.80. The van der Waals surface area contributed by atoms with Gasteiger partial charge in [-0.05, 0) is 19.9 Å². The first-order chi connectivity index (χ1) is 7.54. The Morgan fingerprint density at radius 2 is 2.06 bits per heavy atom. The second kappa shape index (κ2) is 8.47. The number of likely N-dealkylation sites (N-methyl/N-ethyl adjacent to an activating group) is 2. The van der Waals surface area contributed by atoms with Crippen LogP contribution in [0.15, 0.2) is 0 Å². The van der Waals surface area contributed by atoms with E-state index >= 15 is 0 Å². The third kappa shape index (κ3) is 6.02. The highest BCUT2D eigenvalue weighted by molar-refractivity contribution is 7.80. The molecule has 0 fully saturated rings. The van der Waals surface area contributed by atoms with Crippen molar-refractivity contribution in [3.05, 3.63) is 0 Å². The van der Waals surface area contributed by atoms with Crippen molar-refractivity contribution in [2.75, 3.05) is 19.6 Å². The molecule has 0 radical (unpaired) electrons. The summed E-state index contributed by atoms with van der Waals surface area (Å²) in [4.78, 5) is 14.1. The van der Waals surface area contributed by atoms with Crippen molar-refractivity contribution in [1.82, 2.24) is 10.2 Å². The van der Waals surface area contributed by atoms with E-state index in [0.717, 1.165) is 13.0 Å². The van der Waals surface area contributed by atoms with Gasteiger partial charge < -0.3 is 11.1 Å². The topological polar surface area (TPSA) is 58.4 Å². The molecule has 94 valence electrons. The molecule has 4 nitrogen and oxygen atoms in total. The molecule has 0 aromatic rings. The van der Waals surface area contributed by atoms with Gasteiger partial charge >= 0.3 is 0 Å². The highest BCUT2D eigenvalue weighted by Gasteiger charge is 2.18. The molecular weight excluding hydrogens is 222 g/mol. The van der Waals surface area contributed by atoms with Crippen LogP contribution in [0.1, 0.15) is 33.6 Å². The van der Waals surface area contributed by atoms with Gasteiger partial charge in [-0.2, -0.15) is 0 Å². The van der Waals surface area contributed by atoms with Crippen LogP contribution in [0.4, 0.5) is 0 Å². The maximum Gasteiger partial charge on any atom is 0.234 e. The van der Waals surface area contributed by atoms with Gasteiger partial charge in [0.2, 0.25) is 5.91 Å². The second-order valence-corrected chi connectivity index (χ2v) is 4.27. The summed E-state index contributed by atoms with van der Waals surface area (Å²) < 4.78 is 0. The van der Waals surface area contributed by atoms with Crippen molar-refractivity contribution >= 4 is 23.1 Å². The summed E-state index contributed by atoms with van der Waals surface area (Å²) in [5.74, 6) is 0.0609. The maximum atomic E-state index is 11.5. The molecule has 0 aromatic carbocycles. The number of nitrogens with zero attached hydrogens (tertiary/aromatic N) is 1. The third-order valence-electron chi connectivity index (χ3n) is 2.55. The van der Waals surface area contributed by atoms with Gasteiger partial charge in [0.05, 0.1) is 11.5 Å². The molecule has 0 rings (SSSR count). The third-order valence-corrected chi connectivity index (χ3v) is 2.72. The number of nitrogens with two attached hydrogens (primary N) is 1. The van der Waals surface area contributed by atoms with E-state index in [1.807, 2.05) is 13.8 Å². The van der Waals surface area contributed by atoms with Gasteiger partial charge in [-0.3, -0.25) is 9.69 Å². The summed E-state index contributed by atoms with van der Waals surface area (Å²) in [6.07, 6.45) is 1.63. The SMILES string of the molecule is CCNC(=O)CN(CC)C(CC)CC(N)=S. The van der Waals surface area contributed by atoms with Crippen molar-refractivity contribution in [3.63, 3.8) is 0 Å². The molecule has 0 aliphatic rings. The first kappa shape index (κ1) is 15.3. The lowest BCUT2D eigenvalue weighted by molar-refractivity contribution is -0.122. The van der Waals surface area contributed by atoms with Crippen molar-refractivity contribution in [3.8, 4) is 0 Å². The molecule has 0 aliphatic heterocycles. The first-order valence-corrected chi connectivity index (χ1v) is 6.24. The van der Waals surface area contributed by atoms with Crippen LogP contribution in [-0.4, -0.2) is 41.5 Å². The molecule has 0 heterocycles. The molecule has 1 atom stereocenters. The Hall–Kier alpha value is -0.680. The Kier molecular flexibility index (Phi) is 8.11. The zero-order valence-electron chi connectivity index (χ0n) is 10.5. The van der Waals surface area contributed by atoms with Crippen LogP contribution >= 0.6 is 12.2 Å². The van der Waals surface area contributed by atoms with Crippen molar-refractivity contribution in [2.24, 2.45) is 5.73 Å². The van der Waals surface area contributed by atoms with E-state index in [2.05, 4.69) is 17.1 Å². The zero-order valence-corrected chi connectivity index (χ0v) is 11.3. The Morgan fingerprint density at radius 1 is 1.44 bits per heavy atom. The molecule has 0 aliphatic carbocycles. The molecule has 3 N–H and O–H groups in total. The number of thiocarbonyl (C=S) groups is 1. The smallest absolute Gasteiger partial charge is 0.234 e. The lowest BCUT2D eigenvalue weighted by Gasteiger charge is -2.29. The highest BCUT2D eigenvalue weighted by atomic mass is 32.1. The van der Waals surface area contributed by atoms with Crippen LogP contribution in [0, 0.1) is 0 Å². The largest absolute Gasteiger partial charge is 0.393 e. The molecule has 1 amide bonds. The first-order valence-electron chi connectivity index (χ1n) is 5.84. The monoisotopic (exact) mass is 245 g/mol. The quantitative estimate of drug-likeness (QED) is 0.624. The van der Waals surface area contributed by atoms with Crippen molar-refractivity contribution < 1.29 is 4.79 Å². The predicted molar refractivity (Wildman–Crippen MR) is 71.4 cm³/mol. The molecular formula is C11H23N3OS. The van der Waals surface area contributed by atoms with E-state index in [9.17, 15) is 4.79 Å². The summed E-state index contributed by atoms with van der Waals surface area (Å²) >= 11 is 4.92. The minimum absolute atomic E-state index is 0.0609. The van der Waals surface area contributed by atoms with E-state index in [0.29, 0.717) is 24.5 Å². The van der Waals surface area contributed by atoms with E-state index in [1.54, 1.807) is 0 Å². The molecule has 16 heavy (non-hydrogen) atoms. The molecule has 0 spiro atoms. The number of amides is 1. The van der Waals surface area contributed by atoms with Gasteiger partial charge in [0.15, 0.2) is 0 Å². The zero-order chi connectivity index (χ0) is 12.6. The van der Waals surface area contributed by atoms with Gasteiger partial charge in [0.1, 0.15) is 0 Å². The fourth-order valence-electron chi connectivity index (χ4n) is 1.70. The number of rotatable bonds is 8. The van der Waals surface area contributed by atoms with Crippen molar-refractivity contribution in [2.45, 2.75) is 39.7 Å². The van der Waals surface area contributed by atoms with E-state index in [1.165, 1.54) is 0 Å². The summed E-state index contributed by atoms with van der Waals surface area (Å²) in [6, 6.07) is 0.269. The Labute approximate surface area is 104 Å². The lowest BCUT2D eigenvalue weighted by Crippen LogP contribution is -2.44. The standard InChI is InChI=1S/C11H23N3OS/c1-4-9(7-10(12)16)14(6-3)8-11(15)13-5-2/h9H,4-8H2,1-3H3,(H2,12,16)(H,13,15). The molecule has 0 saturated carbocycles. The summed E-state index contributed by atoms with van der Waals surface area (Å²) in [5.41, 5.74) is 5.56. The van der Waals surface area contributed by atoms with Crippen LogP contribution in [0.3, 0.4) is 0 Å². The maximum absolute atomic E-state index is 11.5. The van der Waals surface area contributed by atoms with Gasteiger partial charge in [-0.1, -0.05) is 26.1 Å². The lowest BCUT2D eigenvalue weighted by atomic mass is 10.1. The van der Waals surface area contributed by atoms with Crippen LogP contribution in [0.5, 0.6) is 0 Å². The normalized spacial score (nSPS) is 12.5. The fraction of sp³-hybridized carbons (Fsp3) is 0.818. The van der Waals surface area contributed by atoms with Gasteiger partial charge in [-0.15, -0.1) is 0 Å². The van der Waals surface area contributed by atoms with Crippen LogP contribution < -0.4 is 11.1 Å². The fourth-order valence-corrected chi connectivity index (χ4v) is 1.89. The van der Waals surface area contributed by atoms with Gasteiger partial charge in [0.25, 0.3) is 0 Å². The van der Waals surface area contributed by atoms with E-state index in [4.69, 9.17) is 18.0 Å². The number of hydrogen-bond donors (Lipinski definition) is 2. The molecule has 1 unspecified atom stereocenters. The van der Waals surface area contributed by atoms with E-state index in [-0.39, 0.29) is 11.9 Å². The Bertz CT molecular complexity index is 233. The Balaban J connectivity index is 4.31. The van der Waals surface area contributed by atoms with Gasteiger partial charge in [0, 0.05) is 19.0 Å². The molecule has 0 bridgehead atoms. The average Bonchev–Trinajstić information content (AvgIpc) is 2.23. The number of nitrogens with one attached hydrogen (secondary N) is 1. The van der Waals surface area contributed by atoms with Crippen LogP contribution in [-0.2, 0) is 4.79 Å².